The Hall–Kier alpha value is -1.53. The Morgan fingerprint density at radius 1 is 1.33 bits per heavy atom. The van der Waals surface area contributed by atoms with E-state index in [9.17, 15) is 4.79 Å². The number of urea groups is 1. The summed E-state index contributed by atoms with van der Waals surface area (Å²) in [5, 5.41) is 3.00. The molecule has 2 amide bonds. The highest BCUT2D eigenvalue weighted by Gasteiger charge is 2.24. The van der Waals surface area contributed by atoms with Gasteiger partial charge in [-0.3, -0.25) is 0 Å². The van der Waals surface area contributed by atoms with E-state index in [1.807, 2.05) is 34.8 Å². The highest BCUT2D eigenvalue weighted by atomic mass is 16.5. The first kappa shape index (κ1) is 17.3. The van der Waals surface area contributed by atoms with Crippen molar-refractivity contribution in [3.05, 3.63) is 24.0 Å². The fourth-order valence-electron chi connectivity index (χ4n) is 3.37. The number of aryl methyl sites for hydroxylation is 1. The average molecular weight is 335 g/mol. The number of nitrogens with one attached hydrogen (secondary N) is 1. The highest BCUT2D eigenvalue weighted by molar-refractivity contribution is 5.74. The Bertz CT molecular complexity index is 517. The molecule has 1 atom stereocenters. The van der Waals surface area contributed by atoms with E-state index in [-0.39, 0.29) is 18.2 Å². The van der Waals surface area contributed by atoms with E-state index >= 15 is 0 Å². The van der Waals surface area contributed by atoms with Crippen molar-refractivity contribution in [2.24, 2.45) is 7.05 Å². The lowest BCUT2D eigenvalue weighted by molar-refractivity contribution is -0.0728. The van der Waals surface area contributed by atoms with Crippen LogP contribution in [0.25, 0.3) is 0 Å². The summed E-state index contributed by atoms with van der Waals surface area (Å²) in [4.78, 5) is 14.2. The lowest BCUT2D eigenvalue weighted by Crippen LogP contribution is -2.46. The van der Waals surface area contributed by atoms with Crippen molar-refractivity contribution in [2.75, 3.05) is 26.3 Å². The molecule has 1 N–H and O–H groups in total. The van der Waals surface area contributed by atoms with Crippen molar-refractivity contribution in [3.63, 3.8) is 0 Å². The van der Waals surface area contributed by atoms with Gasteiger partial charge in [-0.1, -0.05) is 0 Å². The summed E-state index contributed by atoms with van der Waals surface area (Å²) in [6, 6.07) is 4.03. The van der Waals surface area contributed by atoms with Gasteiger partial charge in [-0.05, 0) is 44.2 Å². The molecule has 2 aliphatic rings. The number of carbonyl (C=O) groups is 1. The number of rotatable bonds is 5. The number of amides is 2. The second kappa shape index (κ2) is 8.53. The molecule has 24 heavy (non-hydrogen) atoms. The second-order valence-electron chi connectivity index (χ2n) is 6.78. The number of likely N-dealkylation sites (tertiary alicyclic amines) is 1. The monoisotopic (exact) mass is 335 g/mol. The number of hydrogen-bond donors (Lipinski definition) is 1. The Labute approximate surface area is 144 Å². The normalized spacial score (nSPS) is 22.5. The number of aromatic nitrogens is 1. The van der Waals surface area contributed by atoms with Crippen LogP contribution in [0.15, 0.2) is 18.3 Å². The molecule has 3 heterocycles. The standard InChI is InChI=1S/C18H29N3O3/c1-20-9-4-5-15(20)13-19-18(22)21-10-7-16(8-11-21)24-14-17-6-2-3-12-23-17/h4-5,9,16-17H,2-3,6-8,10-14H2,1H3,(H,19,22)/t17-/m0/s1. The predicted molar refractivity (Wildman–Crippen MR) is 91.8 cm³/mol. The van der Waals surface area contributed by atoms with Gasteiger partial charge in [0.15, 0.2) is 0 Å². The van der Waals surface area contributed by atoms with Crippen molar-refractivity contribution < 1.29 is 14.3 Å². The molecule has 1 aromatic rings. The Morgan fingerprint density at radius 2 is 2.17 bits per heavy atom. The minimum Gasteiger partial charge on any atom is -0.376 e. The largest absolute Gasteiger partial charge is 0.376 e. The van der Waals surface area contributed by atoms with Gasteiger partial charge in [0, 0.05) is 38.6 Å². The summed E-state index contributed by atoms with van der Waals surface area (Å²) < 4.78 is 13.7. The summed E-state index contributed by atoms with van der Waals surface area (Å²) >= 11 is 0. The van der Waals surface area contributed by atoms with Gasteiger partial charge >= 0.3 is 6.03 Å². The number of carbonyl (C=O) groups excluding carboxylic acids is 1. The first-order chi connectivity index (χ1) is 11.7. The van der Waals surface area contributed by atoms with E-state index < -0.39 is 0 Å². The first-order valence-electron chi connectivity index (χ1n) is 9.08. The Kier molecular flexibility index (Phi) is 6.15. The third kappa shape index (κ3) is 4.74. The summed E-state index contributed by atoms with van der Waals surface area (Å²) in [6.45, 7) is 3.65. The molecule has 6 nitrogen and oxygen atoms in total. The van der Waals surface area contributed by atoms with Gasteiger partial charge < -0.3 is 24.3 Å². The molecule has 0 spiro atoms. The predicted octanol–water partition coefficient (Wildman–Crippen LogP) is 2.28. The van der Waals surface area contributed by atoms with E-state index in [1.165, 1.54) is 12.8 Å². The lowest BCUT2D eigenvalue weighted by Gasteiger charge is -2.33. The summed E-state index contributed by atoms with van der Waals surface area (Å²) in [5.74, 6) is 0. The van der Waals surface area contributed by atoms with Crippen LogP contribution in [0.1, 0.15) is 37.8 Å². The van der Waals surface area contributed by atoms with Crippen LogP contribution in [-0.2, 0) is 23.1 Å². The number of ether oxygens (including phenoxy) is 2. The van der Waals surface area contributed by atoms with Crippen LogP contribution < -0.4 is 5.32 Å². The minimum atomic E-state index is 0.0188. The third-order valence-corrected chi connectivity index (χ3v) is 4.99. The maximum absolute atomic E-state index is 12.3. The molecule has 1 aromatic heterocycles. The van der Waals surface area contributed by atoms with Gasteiger partial charge in [-0.15, -0.1) is 0 Å². The zero-order chi connectivity index (χ0) is 16.8. The molecule has 2 fully saturated rings. The molecule has 0 saturated carbocycles. The van der Waals surface area contributed by atoms with Crippen LogP contribution in [0.5, 0.6) is 0 Å². The number of hydrogen-bond acceptors (Lipinski definition) is 3. The van der Waals surface area contributed by atoms with Gasteiger partial charge in [0.05, 0.1) is 25.4 Å². The zero-order valence-electron chi connectivity index (χ0n) is 14.6. The Morgan fingerprint density at radius 3 is 2.83 bits per heavy atom. The smallest absolute Gasteiger partial charge is 0.317 e. The molecule has 2 aliphatic heterocycles. The van der Waals surface area contributed by atoms with Crippen LogP contribution >= 0.6 is 0 Å². The van der Waals surface area contributed by atoms with Crippen LogP contribution in [0.4, 0.5) is 4.79 Å². The van der Waals surface area contributed by atoms with Gasteiger partial charge in [0.2, 0.25) is 0 Å². The number of nitrogens with zero attached hydrogens (tertiary/aromatic N) is 2. The van der Waals surface area contributed by atoms with Crippen LogP contribution in [0, 0.1) is 0 Å². The van der Waals surface area contributed by atoms with Crippen molar-refractivity contribution in [1.29, 1.82) is 0 Å². The lowest BCUT2D eigenvalue weighted by atomic mass is 10.1. The topological polar surface area (TPSA) is 55.7 Å². The van der Waals surface area contributed by atoms with Gasteiger partial charge in [0.1, 0.15) is 0 Å². The van der Waals surface area contributed by atoms with Gasteiger partial charge in [-0.2, -0.15) is 0 Å². The molecular formula is C18H29N3O3. The fourth-order valence-corrected chi connectivity index (χ4v) is 3.37. The molecule has 0 bridgehead atoms. The fraction of sp³-hybridized carbons (Fsp3) is 0.722. The molecule has 0 radical (unpaired) electrons. The van der Waals surface area contributed by atoms with Crippen LogP contribution in [0.3, 0.4) is 0 Å². The molecule has 134 valence electrons. The SMILES string of the molecule is Cn1cccc1CNC(=O)N1CCC(OC[C@@H]2CCCCO2)CC1. The summed E-state index contributed by atoms with van der Waals surface area (Å²) in [5.41, 5.74) is 1.11. The van der Waals surface area contributed by atoms with Crippen LogP contribution in [0.2, 0.25) is 0 Å². The van der Waals surface area contributed by atoms with E-state index in [2.05, 4.69) is 5.32 Å². The maximum Gasteiger partial charge on any atom is 0.317 e. The minimum absolute atomic E-state index is 0.0188. The first-order valence-corrected chi connectivity index (χ1v) is 9.08. The molecule has 0 aromatic carbocycles. The van der Waals surface area contributed by atoms with Crippen molar-refractivity contribution in [2.45, 2.75) is 50.9 Å². The maximum atomic E-state index is 12.3. The summed E-state index contributed by atoms with van der Waals surface area (Å²) in [7, 11) is 1.99. The molecule has 0 aliphatic carbocycles. The van der Waals surface area contributed by atoms with E-state index in [0.717, 1.165) is 44.7 Å². The van der Waals surface area contributed by atoms with E-state index in [0.29, 0.717) is 13.2 Å². The average Bonchev–Trinajstić information content (AvgIpc) is 3.04. The van der Waals surface area contributed by atoms with Crippen LogP contribution in [-0.4, -0.2) is 54.0 Å². The quantitative estimate of drug-likeness (QED) is 0.898. The summed E-state index contributed by atoms with van der Waals surface area (Å²) in [6.07, 6.45) is 7.86. The van der Waals surface area contributed by atoms with E-state index in [1.54, 1.807) is 0 Å². The number of piperidine rings is 1. The molecule has 3 rings (SSSR count). The van der Waals surface area contributed by atoms with Crippen molar-refractivity contribution in [1.82, 2.24) is 14.8 Å². The highest BCUT2D eigenvalue weighted by Crippen LogP contribution is 2.18. The molecule has 6 heteroatoms. The van der Waals surface area contributed by atoms with Gasteiger partial charge in [-0.25, -0.2) is 4.79 Å². The van der Waals surface area contributed by atoms with E-state index in [4.69, 9.17) is 9.47 Å². The zero-order valence-corrected chi connectivity index (χ0v) is 14.6. The van der Waals surface area contributed by atoms with Crippen molar-refractivity contribution in [3.8, 4) is 0 Å². The van der Waals surface area contributed by atoms with Gasteiger partial charge in [0.25, 0.3) is 0 Å². The Balaban J connectivity index is 1.33. The molecule has 0 unspecified atom stereocenters. The van der Waals surface area contributed by atoms with Crippen molar-refractivity contribution >= 4 is 6.03 Å². The third-order valence-electron chi connectivity index (χ3n) is 4.99. The molecular weight excluding hydrogens is 306 g/mol. The molecule has 2 saturated heterocycles. The second-order valence-corrected chi connectivity index (χ2v) is 6.78.